The summed E-state index contributed by atoms with van der Waals surface area (Å²) in [6.45, 7) is 0.408. The molecular formula is C20H22N2O4S. The first-order valence-electron chi connectivity index (χ1n) is 8.87. The van der Waals surface area contributed by atoms with Gasteiger partial charge >= 0.3 is 5.97 Å². The van der Waals surface area contributed by atoms with Crippen LogP contribution in [0.5, 0.6) is 0 Å². The number of thioether (sulfide) groups is 1. The van der Waals surface area contributed by atoms with Crippen molar-refractivity contribution in [3.63, 3.8) is 0 Å². The fraction of sp³-hybridized carbons (Fsp3) is 0.350. The Kier molecular flexibility index (Phi) is 6.34. The third-order valence-corrected chi connectivity index (χ3v) is 5.72. The molecule has 3 rings (SSSR count). The van der Waals surface area contributed by atoms with Gasteiger partial charge in [-0.05, 0) is 16.3 Å². The summed E-state index contributed by atoms with van der Waals surface area (Å²) >= 11 is 1.65. The number of carboxylic acids is 1. The maximum Gasteiger partial charge on any atom is 0.305 e. The molecule has 27 heavy (non-hydrogen) atoms. The molecule has 1 heterocycles. The van der Waals surface area contributed by atoms with Crippen molar-refractivity contribution in [1.29, 1.82) is 0 Å². The minimum atomic E-state index is -0.916. The molecule has 2 amide bonds. The van der Waals surface area contributed by atoms with Crippen LogP contribution >= 0.6 is 11.8 Å². The van der Waals surface area contributed by atoms with Gasteiger partial charge in [-0.15, -0.1) is 0 Å². The zero-order chi connectivity index (χ0) is 19.2. The highest BCUT2D eigenvalue weighted by Gasteiger charge is 2.28. The van der Waals surface area contributed by atoms with Gasteiger partial charge in [0.15, 0.2) is 0 Å². The average Bonchev–Trinajstić information content (AvgIpc) is 2.66. The molecule has 1 aliphatic rings. The molecule has 1 aliphatic heterocycles. The molecule has 0 saturated carbocycles. The molecule has 2 N–H and O–H groups in total. The first-order chi connectivity index (χ1) is 13.0. The lowest BCUT2D eigenvalue weighted by Gasteiger charge is -2.34. The van der Waals surface area contributed by atoms with Crippen LogP contribution in [0, 0.1) is 0 Å². The Hall–Kier alpha value is -2.54. The van der Waals surface area contributed by atoms with E-state index in [1.807, 2.05) is 42.5 Å². The smallest absolute Gasteiger partial charge is 0.305 e. The molecular weight excluding hydrogens is 364 g/mol. The first-order valence-corrected chi connectivity index (χ1v) is 10.0. The van der Waals surface area contributed by atoms with Gasteiger partial charge in [0, 0.05) is 18.1 Å². The molecule has 0 aliphatic carbocycles. The van der Waals surface area contributed by atoms with Crippen LogP contribution in [0.1, 0.15) is 12.0 Å². The van der Waals surface area contributed by atoms with Crippen LogP contribution in [0.2, 0.25) is 0 Å². The molecule has 1 saturated heterocycles. The summed E-state index contributed by atoms with van der Waals surface area (Å²) in [7, 11) is 0. The molecule has 1 atom stereocenters. The maximum atomic E-state index is 12.5. The Balaban J connectivity index is 1.58. The number of nitrogens with zero attached hydrogens (tertiary/aromatic N) is 1. The van der Waals surface area contributed by atoms with Gasteiger partial charge in [0.1, 0.15) is 0 Å². The highest BCUT2D eigenvalue weighted by atomic mass is 32.2. The molecule has 0 aromatic heterocycles. The van der Waals surface area contributed by atoms with Gasteiger partial charge in [0.05, 0.1) is 25.4 Å². The second-order valence-corrected chi connectivity index (χ2v) is 7.66. The summed E-state index contributed by atoms with van der Waals surface area (Å²) in [5.74, 6) is 0.0299. The van der Waals surface area contributed by atoms with E-state index in [0.717, 1.165) is 22.1 Å². The molecule has 2 aromatic rings. The largest absolute Gasteiger partial charge is 0.481 e. The van der Waals surface area contributed by atoms with E-state index < -0.39 is 5.97 Å². The van der Waals surface area contributed by atoms with Crippen molar-refractivity contribution < 1.29 is 19.5 Å². The predicted octanol–water partition coefficient (Wildman–Crippen LogP) is 1.92. The predicted molar refractivity (Wildman–Crippen MR) is 106 cm³/mol. The third kappa shape index (κ3) is 5.01. The van der Waals surface area contributed by atoms with E-state index in [2.05, 4.69) is 5.32 Å². The Bertz CT molecular complexity index is 849. The fourth-order valence-electron chi connectivity index (χ4n) is 3.31. The Morgan fingerprint density at radius 3 is 2.74 bits per heavy atom. The van der Waals surface area contributed by atoms with Crippen LogP contribution in [0.4, 0.5) is 0 Å². The Morgan fingerprint density at radius 2 is 1.93 bits per heavy atom. The van der Waals surface area contributed by atoms with E-state index in [1.54, 1.807) is 16.7 Å². The van der Waals surface area contributed by atoms with Crippen molar-refractivity contribution in [2.24, 2.45) is 0 Å². The number of aliphatic carboxylic acids is 1. The van der Waals surface area contributed by atoms with Gasteiger partial charge in [0.25, 0.3) is 0 Å². The molecule has 0 spiro atoms. The van der Waals surface area contributed by atoms with Crippen LogP contribution in [0.15, 0.2) is 42.5 Å². The fourth-order valence-corrected chi connectivity index (χ4v) is 4.37. The van der Waals surface area contributed by atoms with Crippen molar-refractivity contribution >= 4 is 40.3 Å². The third-order valence-electron chi connectivity index (χ3n) is 4.63. The summed E-state index contributed by atoms with van der Waals surface area (Å²) in [6.07, 6.45) is 0.131. The number of carboxylic acid groups (broad SMARTS) is 1. The molecule has 6 nitrogen and oxygen atoms in total. The number of amides is 2. The molecule has 142 valence electrons. The van der Waals surface area contributed by atoms with Crippen LogP contribution < -0.4 is 5.32 Å². The van der Waals surface area contributed by atoms with Crippen LogP contribution in [-0.2, 0) is 20.8 Å². The standard InChI is InChI=1S/C20H22N2O4S/c23-18(10-15-6-3-5-14-4-1-2-7-17(14)15)21-12-19(24)22-8-9-27-13-16(22)11-20(25)26/h1-7,16H,8-13H2,(H,21,23)(H,25,26). The van der Waals surface area contributed by atoms with Gasteiger partial charge in [-0.2, -0.15) is 11.8 Å². The molecule has 0 bridgehead atoms. The zero-order valence-electron chi connectivity index (χ0n) is 14.9. The summed E-state index contributed by atoms with van der Waals surface area (Å²) < 4.78 is 0. The molecule has 7 heteroatoms. The van der Waals surface area contributed by atoms with Gasteiger partial charge in [-0.3, -0.25) is 14.4 Å². The van der Waals surface area contributed by atoms with Gasteiger partial charge in [-0.25, -0.2) is 0 Å². The maximum absolute atomic E-state index is 12.5. The molecule has 1 fully saturated rings. The monoisotopic (exact) mass is 386 g/mol. The van der Waals surface area contributed by atoms with Crippen molar-refractivity contribution in [2.75, 3.05) is 24.6 Å². The number of rotatable bonds is 6. The van der Waals surface area contributed by atoms with Gasteiger partial charge in [-0.1, -0.05) is 42.5 Å². The summed E-state index contributed by atoms with van der Waals surface area (Å²) in [6, 6.07) is 13.4. The quantitative estimate of drug-likeness (QED) is 0.792. The zero-order valence-corrected chi connectivity index (χ0v) is 15.7. The molecule has 0 radical (unpaired) electrons. The lowest BCUT2D eigenvalue weighted by atomic mass is 10.0. The average molecular weight is 386 g/mol. The second-order valence-electron chi connectivity index (χ2n) is 6.51. The second kappa shape index (κ2) is 8.90. The van der Waals surface area contributed by atoms with Crippen molar-refractivity contribution in [2.45, 2.75) is 18.9 Å². The SMILES string of the molecule is O=C(O)CC1CSCCN1C(=O)CNC(=O)Cc1cccc2ccccc12. The number of hydrogen-bond donors (Lipinski definition) is 2. The van der Waals surface area contributed by atoms with E-state index in [1.165, 1.54) is 0 Å². The minimum Gasteiger partial charge on any atom is -0.481 e. The number of fused-ring (bicyclic) bond motifs is 1. The minimum absolute atomic E-state index is 0.0668. The highest BCUT2D eigenvalue weighted by Crippen LogP contribution is 2.20. The van der Waals surface area contributed by atoms with E-state index in [-0.39, 0.29) is 37.2 Å². The Labute approximate surface area is 161 Å². The lowest BCUT2D eigenvalue weighted by Crippen LogP contribution is -2.50. The number of nitrogens with one attached hydrogen (secondary N) is 1. The first kappa shape index (κ1) is 19.2. The Morgan fingerprint density at radius 1 is 1.15 bits per heavy atom. The summed E-state index contributed by atoms with van der Waals surface area (Å²) in [5.41, 5.74) is 0.913. The van der Waals surface area contributed by atoms with Crippen LogP contribution in [-0.4, -0.2) is 58.4 Å². The van der Waals surface area contributed by atoms with Gasteiger partial charge < -0.3 is 15.3 Å². The number of carbonyl (C=O) groups excluding carboxylic acids is 2. The number of benzene rings is 2. The highest BCUT2D eigenvalue weighted by molar-refractivity contribution is 7.99. The van der Waals surface area contributed by atoms with Gasteiger partial charge in [0.2, 0.25) is 11.8 Å². The number of carbonyl (C=O) groups is 3. The van der Waals surface area contributed by atoms with Crippen molar-refractivity contribution in [1.82, 2.24) is 10.2 Å². The van der Waals surface area contributed by atoms with Crippen molar-refractivity contribution in [3.8, 4) is 0 Å². The van der Waals surface area contributed by atoms with E-state index >= 15 is 0 Å². The van der Waals surface area contributed by atoms with E-state index in [9.17, 15) is 14.4 Å². The van der Waals surface area contributed by atoms with Crippen LogP contribution in [0.25, 0.3) is 10.8 Å². The van der Waals surface area contributed by atoms with E-state index in [4.69, 9.17) is 5.11 Å². The summed E-state index contributed by atoms with van der Waals surface area (Å²) in [5, 5.41) is 13.8. The lowest BCUT2D eigenvalue weighted by molar-refractivity contribution is -0.140. The van der Waals surface area contributed by atoms with Crippen LogP contribution in [0.3, 0.4) is 0 Å². The van der Waals surface area contributed by atoms with Crippen molar-refractivity contribution in [3.05, 3.63) is 48.0 Å². The topological polar surface area (TPSA) is 86.7 Å². The normalized spacial score (nSPS) is 16.9. The summed E-state index contributed by atoms with van der Waals surface area (Å²) in [4.78, 5) is 37.4. The van der Waals surface area contributed by atoms with E-state index in [0.29, 0.717) is 12.3 Å². The molecule has 2 aromatic carbocycles. The number of hydrogen-bond acceptors (Lipinski definition) is 4. The molecule has 1 unspecified atom stereocenters.